The average Bonchev–Trinajstić information content (AvgIpc) is 3.05. The van der Waals surface area contributed by atoms with Gasteiger partial charge in [0.25, 0.3) is 0 Å². The van der Waals surface area contributed by atoms with Crippen molar-refractivity contribution < 1.29 is 4.79 Å². The molecule has 0 fully saturated rings. The van der Waals surface area contributed by atoms with Gasteiger partial charge in [0, 0.05) is 23.5 Å². The van der Waals surface area contributed by atoms with Crippen LogP contribution in [0.15, 0.2) is 47.6 Å². The first kappa shape index (κ1) is 19.0. The Bertz CT molecular complexity index is 967. The molecule has 0 bridgehead atoms. The number of thioether (sulfide) groups is 1. The molecular weight excluding hydrogens is 358 g/mol. The SMILES string of the molecule is CCn1c(SCC(=O)Nc2ccc(C)cc2C)nnc1-c1ccccc1N. The van der Waals surface area contributed by atoms with Crippen LogP contribution < -0.4 is 11.1 Å². The Morgan fingerprint density at radius 1 is 1.19 bits per heavy atom. The molecule has 1 heterocycles. The molecule has 140 valence electrons. The molecule has 3 N–H and O–H groups in total. The van der Waals surface area contributed by atoms with Crippen molar-refractivity contribution in [3.05, 3.63) is 53.6 Å². The molecule has 3 aromatic rings. The zero-order valence-corrected chi connectivity index (χ0v) is 16.5. The fraction of sp³-hybridized carbons (Fsp3) is 0.250. The lowest BCUT2D eigenvalue weighted by Crippen LogP contribution is -2.15. The largest absolute Gasteiger partial charge is 0.398 e. The van der Waals surface area contributed by atoms with Crippen LogP contribution >= 0.6 is 11.8 Å². The third-order valence-electron chi connectivity index (χ3n) is 4.22. The maximum Gasteiger partial charge on any atom is 0.234 e. The first-order valence-electron chi connectivity index (χ1n) is 8.77. The number of amides is 1. The summed E-state index contributed by atoms with van der Waals surface area (Å²) in [6.07, 6.45) is 0. The van der Waals surface area contributed by atoms with Gasteiger partial charge in [-0.2, -0.15) is 0 Å². The van der Waals surface area contributed by atoms with Gasteiger partial charge in [0.05, 0.1) is 5.75 Å². The standard InChI is InChI=1S/C20H23N5OS/c1-4-25-19(15-7-5-6-8-16(15)21)23-24-20(25)27-12-18(26)22-17-10-9-13(2)11-14(17)3/h5-11H,4,12,21H2,1-3H3,(H,22,26). The summed E-state index contributed by atoms with van der Waals surface area (Å²) >= 11 is 1.37. The molecule has 6 nitrogen and oxygen atoms in total. The Hall–Kier alpha value is -2.80. The zero-order chi connectivity index (χ0) is 19.4. The van der Waals surface area contributed by atoms with Gasteiger partial charge < -0.3 is 15.6 Å². The third-order valence-corrected chi connectivity index (χ3v) is 5.19. The Morgan fingerprint density at radius 2 is 1.96 bits per heavy atom. The highest BCUT2D eigenvalue weighted by Gasteiger charge is 2.16. The van der Waals surface area contributed by atoms with Crippen molar-refractivity contribution in [1.82, 2.24) is 14.8 Å². The zero-order valence-electron chi connectivity index (χ0n) is 15.7. The quantitative estimate of drug-likeness (QED) is 0.500. The van der Waals surface area contributed by atoms with Crippen molar-refractivity contribution in [3.63, 3.8) is 0 Å². The lowest BCUT2D eigenvalue weighted by atomic mass is 10.1. The van der Waals surface area contributed by atoms with Gasteiger partial charge in [0.1, 0.15) is 0 Å². The summed E-state index contributed by atoms with van der Waals surface area (Å²) in [5, 5.41) is 12.2. The highest BCUT2D eigenvalue weighted by Crippen LogP contribution is 2.28. The van der Waals surface area contributed by atoms with Crippen LogP contribution in [-0.2, 0) is 11.3 Å². The number of aryl methyl sites for hydroxylation is 2. The van der Waals surface area contributed by atoms with Crippen molar-refractivity contribution in [1.29, 1.82) is 0 Å². The molecular formula is C20H23N5OS. The average molecular weight is 382 g/mol. The molecule has 0 aliphatic carbocycles. The van der Waals surface area contributed by atoms with Crippen LogP contribution in [0, 0.1) is 13.8 Å². The highest BCUT2D eigenvalue weighted by molar-refractivity contribution is 7.99. The number of nitrogens with two attached hydrogens (primary N) is 1. The maximum atomic E-state index is 12.3. The number of hydrogen-bond donors (Lipinski definition) is 2. The second-order valence-electron chi connectivity index (χ2n) is 6.29. The van der Waals surface area contributed by atoms with Crippen LogP contribution in [0.4, 0.5) is 11.4 Å². The monoisotopic (exact) mass is 381 g/mol. The number of hydrogen-bond acceptors (Lipinski definition) is 5. The summed E-state index contributed by atoms with van der Waals surface area (Å²) in [7, 11) is 0. The number of carbonyl (C=O) groups excluding carboxylic acids is 1. The van der Waals surface area contributed by atoms with Crippen LogP contribution in [0.25, 0.3) is 11.4 Å². The molecule has 0 saturated heterocycles. The van der Waals surface area contributed by atoms with Crippen LogP contribution in [-0.4, -0.2) is 26.4 Å². The van der Waals surface area contributed by atoms with Crippen molar-refractivity contribution >= 4 is 29.0 Å². The van der Waals surface area contributed by atoms with E-state index in [9.17, 15) is 4.79 Å². The van der Waals surface area contributed by atoms with E-state index in [2.05, 4.69) is 15.5 Å². The summed E-state index contributed by atoms with van der Waals surface area (Å²) in [6, 6.07) is 13.5. The van der Waals surface area contributed by atoms with E-state index in [-0.39, 0.29) is 11.7 Å². The molecule has 0 aliphatic rings. The second kappa shape index (κ2) is 8.26. The van der Waals surface area contributed by atoms with Crippen molar-refractivity contribution in [2.75, 3.05) is 16.8 Å². The number of benzene rings is 2. The van der Waals surface area contributed by atoms with E-state index in [1.54, 1.807) is 0 Å². The maximum absolute atomic E-state index is 12.3. The number of nitrogens with zero attached hydrogens (tertiary/aromatic N) is 3. The third kappa shape index (κ3) is 4.31. The summed E-state index contributed by atoms with van der Waals surface area (Å²) in [5.41, 5.74) is 10.6. The summed E-state index contributed by atoms with van der Waals surface area (Å²) in [4.78, 5) is 12.3. The normalized spacial score (nSPS) is 10.8. The molecule has 2 aromatic carbocycles. The van der Waals surface area contributed by atoms with E-state index in [4.69, 9.17) is 5.73 Å². The minimum atomic E-state index is -0.0709. The van der Waals surface area contributed by atoms with Crippen LogP contribution in [0.5, 0.6) is 0 Å². The Morgan fingerprint density at radius 3 is 2.67 bits per heavy atom. The number of rotatable bonds is 6. The number of aromatic nitrogens is 3. The van der Waals surface area contributed by atoms with E-state index in [0.717, 1.165) is 16.8 Å². The summed E-state index contributed by atoms with van der Waals surface area (Å²) in [5.74, 6) is 0.904. The van der Waals surface area contributed by atoms with Gasteiger partial charge in [-0.1, -0.05) is 41.6 Å². The predicted molar refractivity (Wildman–Crippen MR) is 111 cm³/mol. The fourth-order valence-corrected chi connectivity index (χ4v) is 3.65. The van der Waals surface area contributed by atoms with Crippen molar-refractivity contribution in [2.24, 2.45) is 0 Å². The molecule has 7 heteroatoms. The topological polar surface area (TPSA) is 85.8 Å². The van der Waals surface area contributed by atoms with Crippen molar-refractivity contribution in [2.45, 2.75) is 32.5 Å². The molecule has 27 heavy (non-hydrogen) atoms. The molecule has 0 spiro atoms. The van der Waals surface area contributed by atoms with Gasteiger partial charge in [-0.3, -0.25) is 4.79 Å². The number of anilines is 2. The second-order valence-corrected chi connectivity index (χ2v) is 7.24. The van der Waals surface area contributed by atoms with Crippen LogP contribution in [0.3, 0.4) is 0 Å². The van der Waals surface area contributed by atoms with Gasteiger partial charge in [-0.15, -0.1) is 10.2 Å². The van der Waals surface area contributed by atoms with Gasteiger partial charge in [0.15, 0.2) is 11.0 Å². The molecule has 0 radical (unpaired) electrons. The number of nitrogen functional groups attached to an aromatic ring is 1. The lowest BCUT2D eigenvalue weighted by Gasteiger charge is -2.10. The van der Waals surface area contributed by atoms with E-state index in [1.807, 2.05) is 67.8 Å². The lowest BCUT2D eigenvalue weighted by molar-refractivity contribution is -0.113. The summed E-state index contributed by atoms with van der Waals surface area (Å²) in [6.45, 7) is 6.73. The number of para-hydroxylation sites is 1. The van der Waals surface area contributed by atoms with E-state index in [0.29, 0.717) is 23.2 Å². The van der Waals surface area contributed by atoms with Gasteiger partial charge in [-0.05, 0) is 44.5 Å². The molecule has 1 aromatic heterocycles. The van der Waals surface area contributed by atoms with Gasteiger partial charge in [0.2, 0.25) is 5.91 Å². The highest BCUT2D eigenvalue weighted by atomic mass is 32.2. The first-order valence-corrected chi connectivity index (χ1v) is 9.76. The number of carbonyl (C=O) groups is 1. The number of nitrogens with one attached hydrogen (secondary N) is 1. The van der Waals surface area contributed by atoms with Crippen LogP contribution in [0.2, 0.25) is 0 Å². The Kier molecular flexibility index (Phi) is 5.81. The first-order chi connectivity index (χ1) is 13.0. The molecule has 0 atom stereocenters. The molecule has 0 unspecified atom stereocenters. The smallest absolute Gasteiger partial charge is 0.234 e. The van der Waals surface area contributed by atoms with E-state index < -0.39 is 0 Å². The minimum Gasteiger partial charge on any atom is -0.398 e. The van der Waals surface area contributed by atoms with E-state index >= 15 is 0 Å². The summed E-state index contributed by atoms with van der Waals surface area (Å²) < 4.78 is 1.97. The minimum absolute atomic E-state index is 0.0709. The fourth-order valence-electron chi connectivity index (χ4n) is 2.85. The van der Waals surface area contributed by atoms with E-state index in [1.165, 1.54) is 17.3 Å². The molecule has 0 saturated carbocycles. The van der Waals surface area contributed by atoms with Gasteiger partial charge in [-0.25, -0.2) is 0 Å². The Balaban J connectivity index is 1.71. The van der Waals surface area contributed by atoms with Crippen LogP contribution in [0.1, 0.15) is 18.1 Å². The predicted octanol–water partition coefficient (Wildman–Crippen LogP) is 3.89. The molecule has 1 amide bonds. The molecule has 3 rings (SSSR count). The van der Waals surface area contributed by atoms with Crippen molar-refractivity contribution in [3.8, 4) is 11.4 Å². The Labute approximate surface area is 163 Å². The molecule has 0 aliphatic heterocycles. The van der Waals surface area contributed by atoms with Gasteiger partial charge >= 0.3 is 0 Å².